The molecule has 2 saturated heterocycles. The van der Waals surface area contributed by atoms with Gasteiger partial charge in [0.15, 0.2) is 0 Å². The van der Waals surface area contributed by atoms with Gasteiger partial charge in [-0.3, -0.25) is 19.8 Å². The number of hydrogen-bond acceptors (Lipinski definition) is 4. The Bertz CT molecular complexity index is 708. The maximum atomic E-state index is 12.1. The molecule has 1 aromatic rings. The highest BCUT2D eigenvalue weighted by atomic mass is 35.5. The van der Waals surface area contributed by atoms with E-state index in [0.717, 1.165) is 32.5 Å². The smallest absolute Gasteiger partial charge is 0.276 e. The van der Waals surface area contributed by atoms with Gasteiger partial charge in [0, 0.05) is 49.2 Å². The standard InChI is InChI=1S/C19H24ClN3O3/c1-2-19(24)21-12-16-6-3-7-17(13-21)22(16)10-4-5-14-11-15(20)8-9-18(14)23(25)26/h4-5,8-9,11,16-17H,2-3,6-7,10,12-13H2,1H3/b5-4+/t16-,17+. The second-order valence-electron chi connectivity index (χ2n) is 6.95. The Labute approximate surface area is 158 Å². The van der Waals surface area contributed by atoms with E-state index >= 15 is 0 Å². The normalized spacial score (nSPS) is 23.4. The summed E-state index contributed by atoms with van der Waals surface area (Å²) in [6.07, 6.45) is 7.69. The molecule has 140 valence electrons. The fourth-order valence-electron chi connectivity index (χ4n) is 4.05. The van der Waals surface area contributed by atoms with Crippen molar-refractivity contribution in [2.45, 2.75) is 44.7 Å². The van der Waals surface area contributed by atoms with E-state index in [4.69, 9.17) is 11.6 Å². The second-order valence-corrected chi connectivity index (χ2v) is 7.39. The van der Waals surface area contributed by atoms with E-state index in [1.54, 1.807) is 12.1 Å². The summed E-state index contributed by atoms with van der Waals surface area (Å²) in [5.74, 6) is 0.228. The Balaban J connectivity index is 1.70. The van der Waals surface area contributed by atoms with Crippen molar-refractivity contribution in [3.63, 3.8) is 0 Å². The zero-order valence-corrected chi connectivity index (χ0v) is 15.7. The van der Waals surface area contributed by atoms with Crippen molar-refractivity contribution >= 4 is 29.3 Å². The number of nitro benzene ring substituents is 1. The molecular weight excluding hydrogens is 354 g/mol. The highest BCUT2D eigenvalue weighted by Gasteiger charge is 2.37. The van der Waals surface area contributed by atoms with Crippen LogP contribution in [0.15, 0.2) is 24.3 Å². The fraction of sp³-hybridized carbons (Fsp3) is 0.526. The number of benzene rings is 1. The minimum absolute atomic E-state index is 0.0594. The van der Waals surface area contributed by atoms with E-state index in [1.807, 2.05) is 17.9 Å². The minimum atomic E-state index is -0.389. The molecule has 6 nitrogen and oxygen atoms in total. The Kier molecular flexibility index (Phi) is 5.94. The molecular formula is C19H24ClN3O3. The molecule has 1 aromatic carbocycles. The average molecular weight is 378 g/mol. The highest BCUT2D eigenvalue weighted by molar-refractivity contribution is 6.30. The van der Waals surface area contributed by atoms with Crippen molar-refractivity contribution < 1.29 is 9.72 Å². The van der Waals surface area contributed by atoms with Gasteiger partial charge < -0.3 is 4.90 Å². The van der Waals surface area contributed by atoms with Gasteiger partial charge in [-0.15, -0.1) is 0 Å². The minimum Gasteiger partial charge on any atom is -0.340 e. The summed E-state index contributed by atoms with van der Waals surface area (Å²) in [7, 11) is 0. The van der Waals surface area contributed by atoms with E-state index < -0.39 is 0 Å². The van der Waals surface area contributed by atoms with E-state index in [9.17, 15) is 14.9 Å². The number of rotatable bonds is 5. The molecule has 2 aliphatic rings. The predicted octanol–water partition coefficient (Wildman–Crippen LogP) is 3.74. The van der Waals surface area contributed by atoms with Crippen LogP contribution >= 0.6 is 11.6 Å². The topological polar surface area (TPSA) is 66.7 Å². The largest absolute Gasteiger partial charge is 0.340 e. The summed E-state index contributed by atoms with van der Waals surface area (Å²) >= 11 is 5.98. The summed E-state index contributed by atoms with van der Waals surface area (Å²) in [6.45, 7) is 4.21. The summed E-state index contributed by atoms with van der Waals surface area (Å²) in [6, 6.07) is 5.33. The van der Waals surface area contributed by atoms with E-state index in [-0.39, 0.29) is 16.5 Å². The first-order valence-corrected chi connectivity index (χ1v) is 9.51. The van der Waals surface area contributed by atoms with Crippen LogP contribution in [0.1, 0.15) is 38.2 Å². The number of hydrogen-bond donors (Lipinski definition) is 0. The van der Waals surface area contributed by atoms with Gasteiger partial charge in [0.2, 0.25) is 5.91 Å². The quantitative estimate of drug-likeness (QED) is 0.579. The predicted molar refractivity (Wildman–Crippen MR) is 102 cm³/mol. The number of nitrogens with zero attached hydrogens (tertiary/aromatic N) is 3. The molecule has 2 bridgehead atoms. The van der Waals surface area contributed by atoms with Gasteiger partial charge in [0.1, 0.15) is 0 Å². The third-order valence-electron chi connectivity index (χ3n) is 5.33. The third kappa shape index (κ3) is 4.07. The summed E-state index contributed by atoms with van der Waals surface area (Å²) in [5, 5.41) is 11.7. The van der Waals surface area contributed by atoms with Crippen LogP contribution in [0.5, 0.6) is 0 Å². The zero-order valence-electron chi connectivity index (χ0n) is 14.9. The van der Waals surface area contributed by atoms with Crippen LogP contribution in [-0.2, 0) is 4.79 Å². The van der Waals surface area contributed by atoms with Crippen molar-refractivity contribution in [3.8, 4) is 0 Å². The Morgan fingerprint density at radius 2 is 2.04 bits per heavy atom. The molecule has 7 heteroatoms. The SMILES string of the molecule is CCC(=O)N1C[C@H]2CCC[C@@H](C1)N2C/C=C/c1cc(Cl)ccc1[N+](=O)[O-]. The van der Waals surface area contributed by atoms with Gasteiger partial charge in [-0.05, 0) is 25.0 Å². The van der Waals surface area contributed by atoms with Crippen molar-refractivity contribution in [1.82, 2.24) is 9.80 Å². The van der Waals surface area contributed by atoms with Crippen LogP contribution in [-0.4, -0.2) is 52.3 Å². The number of piperidine rings is 1. The van der Waals surface area contributed by atoms with Gasteiger partial charge in [0.05, 0.1) is 10.5 Å². The second kappa shape index (κ2) is 8.18. The Hall–Kier alpha value is -1.92. The maximum Gasteiger partial charge on any atom is 0.276 e. The molecule has 0 radical (unpaired) electrons. The molecule has 0 unspecified atom stereocenters. The van der Waals surface area contributed by atoms with Crippen molar-refractivity contribution in [2.24, 2.45) is 0 Å². The number of piperazine rings is 1. The number of likely N-dealkylation sites (tertiary alicyclic amines) is 1. The summed E-state index contributed by atoms with van der Waals surface area (Å²) in [4.78, 5) is 27.3. The first-order valence-electron chi connectivity index (χ1n) is 9.13. The van der Waals surface area contributed by atoms with E-state index in [2.05, 4.69) is 4.90 Å². The fourth-order valence-corrected chi connectivity index (χ4v) is 4.23. The number of carbonyl (C=O) groups is 1. The first-order chi connectivity index (χ1) is 12.5. The number of fused-ring (bicyclic) bond motifs is 2. The number of nitro groups is 1. The summed E-state index contributed by atoms with van der Waals surface area (Å²) < 4.78 is 0. The zero-order chi connectivity index (χ0) is 18.7. The Morgan fingerprint density at radius 3 is 2.65 bits per heavy atom. The van der Waals surface area contributed by atoms with Crippen molar-refractivity contribution in [1.29, 1.82) is 0 Å². The summed E-state index contributed by atoms with van der Waals surface area (Å²) in [5.41, 5.74) is 0.580. The molecule has 0 aliphatic carbocycles. The lowest BCUT2D eigenvalue weighted by atomic mass is 9.91. The van der Waals surface area contributed by atoms with Crippen LogP contribution in [0.2, 0.25) is 5.02 Å². The monoisotopic (exact) mass is 377 g/mol. The molecule has 0 aromatic heterocycles. The molecule has 2 fully saturated rings. The van der Waals surface area contributed by atoms with Crippen LogP contribution < -0.4 is 0 Å². The molecule has 0 saturated carbocycles. The van der Waals surface area contributed by atoms with Crippen LogP contribution in [0.3, 0.4) is 0 Å². The molecule has 2 aliphatic heterocycles. The highest BCUT2D eigenvalue weighted by Crippen LogP contribution is 2.29. The van der Waals surface area contributed by atoms with E-state index in [1.165, 1.54) is 18.6 Å². The number of carbonyl (C=O) groups excluding carboxylic acids is 1. The molecule has 1 amide bonds. The number of amides is 1. The van der Waals surface area contributed by atoms with E-state index in [0.29, 0.717) is 29.1 Å². The van der Waals surface area contributed by atoms with Gasteiger partial charge in [-0.2, -0.15) is 0 Å². The third-order valence-corrected chi connectivity index (χ3v) is 5.57. The lowest BCUT2D eigenvalue weighted by molar-refractivity contribution is -0.385. The molecule has 2 heterocycles. The van der Waals surface area contributed by atoms with Crippen LogP contribution in [0.4, 0.5) is 5.69 Å². The molecule has 26 heavy (non-hydrogen) atoms. The lowest BCUT2D eigenvalue weighted by Crippen LogP contribution is -2.61. The van der Waals surface area contributed by atoms with Gasteiger partial charge in [-0.25, -0.2) is 0 Å². The van der Waals surface area contributed by atoms with Gasteiger partial charge >= 0.3 is 0 Å². The molecule has 2 atom stereocenters. The molecule has 0 N–H and O–H groups in total. The Morgan fingerprint density at radius 1 is 1.35 bits per heavy atom. The molecule has 3 rings (SSSR count). The van der Waals surface area contributed by atoms with Crippen LogP contribution in [0, 0.1) is 10.1 Å². The van der Waals surface area contributed by atoms with Crippen molar-refractivity contribution in [2.75, 3.05) is 19.6 Å². The van der Waals surface area contributed by atoms with Gasteiger partial charge in [0.25, 0.3) is 5.69 Å². The lowest BCUT2D eigenvalue weighted by Gasteiger charge is -2.50. The van der Waals surface area contributed by atoms with Crippen LogP contribution in [0.25, 0.3) is 6.08 Å². The maximum absolute atomic E-state index is 12.1. The van der Waals surface area contributed by atoms with Crippen molar-refractivity contribution in [3.05, 3.63) is 45.0 Å². The number of halogens is 1. The average Bonchev–Trinajstić information content (AvgIpc) is 2.60. The first kappa shape index (κ1) is 18.9. The van der Waals surface area contributed by atoms with Gasteiger partial charge in [-0.1, -0.05) is 37.1 Å². The molecule has 0 spiro atoms.